The van der Waals surface area contributed by atoms with Crippen LogP contribution in [0, 0.1) is 0 Å². The maximum Gasteiger partial charge on any atom is 0.221 e. The molecule has 186 valence electrons. The molecule has 0 saturated heterocycles. The van der Waals surface area contributed by atoms with Gasteiger partial charge in [0.15, 0.2) is 11.4 Å². The number of thioether (sulfide) groups is 1. The SMILES string of the molecule is COc1ccc(-c2ccccc2)cc1Nc1ncnc2n[nH]c(C(=O)CNC(=O)CCSC(C)C)c12. The number of carbonyl (C=O) groups excluding carboxylic acids is 2. The highest BCUT2D eigenvalue weighted by Crippen LogP contribution is 2.34. The Labute approximate surface area is 213 Å². The van der Waals surface area contributed by atoms with Crippen molar-refractivity contribution < 1.29 is 14.3 Å². The maximum absolute atomic E-state index is 13.0. The number of amides is 1. The first kappa shape index (κ1) is 25.2. The second-order valence-electron chi connectivity index (χ2n) is 8.30. The highest BCUT2D eigenvalue weighted by Gasteiger charge is 2.20. The zero-order chi connectivity index (χ0) is 25.5. The molecule has 0 saturated carbocycles. The molecular formula is C26H28N6O3S. The van der Waals surface area contributed by atoms with Gasteiger partial charge in [-0.3, -0.25) is 14.7 Å². The molecule has 9 nitrogen and oxygen atoms in total. The minimum Gasteiger partial charge on any atom is -0.495 e. The number of methoxy groups -OCH3 is 1. The Morgan fingerprint density at radius 3 is 2.64 bits per heavy atom. The fourth-order valence-corrected chi connectivity index (χ4v) is 4.41. The summed E-state index contributed by atoms with van der Waals surface area (Å²) in [7, 11) is 1.59. The normalized spacial score (nSPS) is 11.0. The molecule has 0 fully saturated rings. The second kappa shape index (κ2) is 11.7. The van der Waals surface area contributed by atoms with Gasteiger partial charge in [-0.2, -0.15) is 16.9 Å². The fourth-order valence-electron chi connectivity index (χ4n) is 3.64. The molecule has 0 aliphatic carbocycles. The van der Waals surface area contributed by atoms with Gasteiger partial charge in [-0.05, 0) is 28.5 Å². The lowest BCUT2D eigenvalue weighted by Crippen LogP contribution is -2.30. The van der Waals surface area contributed by atoms with E-state index in [1.807, 2.05) is 48.5 Å². The van der Waals surface area contributed by atoms with Gasteiger partial charge in [-0.1, -0.05) is 50.2 Å². The zero-order valence-electron chi connectivity index (χ0n) is 20.4. The molecule has 3 N–H and O–H groups in total. The molecular weight excluding hydrogens is 476 g/mol. The molecule has 4 rings (SSSR count). The number of anilines is 2. The van der Waals surface area contributed by atoms with Gasteiger partial charge in [0.25, 0.3) is 0 Å². The van der Waals surface area contributed by atoms with Crippen LogP contribution in [-0.2, 0) is 4.79 Å². The number of aromatic amines is 1. The number of Topliss-reactive ketones (excluding diaryl/α,β-unsaturated/α-hetero) is 1. The monoisotopic (exact) mass is 504 g/mol. The van der Waals surface area contributed by atoms with Crippen molar-refractivity contribution in [3.8, 4) is 16.9 Å². The van der Waals surface area contributed by atoms with E-state index >= 15 is 0 Å². The van der Waals surface area contributed by atoms with E-state index < -0.39 is 0 Å². The van der Waals surface area contributed by atoms with Crippen LogP contribution in [0.15, 0.2) is 54.9 Å². The number of rotatable bonds is 11. The van der Waals surface area contributed by atoms with Gasteiger partial charge in [0.2, 0.25) is 5.91 Å². The third-order valence-corrected chi connectivity index (χ3v) is 6.52. The van der Waals surface area contributed by atoms with E-state index in [9.17, 15) is 9.59 Å². The zero-order valence-corrected chi connectivity index (χ0v) is 21.2. The highest BCUT2D eigenvalue weighted by atomic mass is 32.2. The van der Waals surface area contributed by atoms with Crippen LogP contribution in [0.2, 0.25) is 0 Å². The molecule has 0 aliphatic rings. The third kappa shape index (κ3) is 6.01. The molecule has 0 unspecified atom stereocenters. The summed E-state index contributed by atoms with van der Waals surface area (Å²) in [6.45, 7) is 4.01. The molecule has 0 bridgehead atoms. The van der Waals surface area contributed by atoms with Crippen LogP contribution in [0.25, 0.3) is 22.2 Å². The molecule has 2 aromatic carbocycles. The highest BCUT2D eigenvalue weighted by molar-refractivity contribution is 7.99. The van der Waals surface area contributed by atoms with E-state index in [2.05, 4.69) is 44.6 Å². The van der Waals surface area contributed by atoms with Gasteiger partial charge >= 0.3 is 0 Å². The van der Waals surface area contributed by atoms with Gasteiger partial charge in [0, 0.05) is 12.2 Å². The van der Waals surface area contributed by atoms with E-state index in [4.69, 9.17) is 4.74 Å². The predicted octanol–water partition coefficient (Wildman–Crippen LogP) is 4.60. The van der Waals surface area contributed by atoms with E-state index in [0.717, 1.165) is 11.1 Å². The maximum atomic E-state index is 13.0. The van der Waals surface area contributed by atoms with Crippen LogP contribution in [0.3, 0.4) is 0 Å². The summed E-state index contributed by atoms with van der Waals surface area (Å²) in [5.41, 5.74) is 3.29. The lowest BCUT2D eigenvalue weighted by atomic mass is 10.0. The van der Waals surface area contributed by atoms with Gasteiger partial charge in [-0.15, -0.1) is 0 Å². The Hall–Kier alpha value is -3.92. The van der Waals surface area contributed by atoms with Crippen LogP contribution >= 0.6 is 11.8 Å². The van der Waals surface area contributed by atoms with Crippen molar-refractivity contribution in [2.75, 3.05) is 24.7 Å². The quantitative estimate of drug-likeness (QED) is 0.253. The number of ketones is 1. The van der Waals surface area contributed by atoms with Gasteiger partial charge in [-0.25, -0.2) is 9.97 Å². The van der Waals surface area contributed by atoms with Gasteiger partial charge in [0.05, 0.1) is 24.7 Å². The molecule has 2 aromatic heterocycles. The minimum absolute atomic E-state index is 0.149. The smallest absolute Gasteiger partial charge is 0.221 e. The summed E-state index contributed by atoms with van der Waals surface area (Å²) in [4.78, 5) is 33.7. The Morgan fingerprint density at radius 1 is 1.08 bits per heavy atom. The largest absolute Gasteiger partial charge is 0.495 e. The second-order valence-corrected chi connectivity index (χ2v) is 9.98. The number of fused-ring (bicyclic) bond motifs is 1. The number of H-pyrrole nitrogens is 1. The van der Waals surface area contributed by atoms with E-state index in [-0.39, 0.29) is 23.9 Å². The van der Waals surface area contributed by atoms with Crippen LogP contribution in [0.5, 0.6) is 5.75 Å². The topological polar surface area (TPSA) is 122 Å². The summed E-state index contributed by atoms with van der Waals surface area (Å²) in [5, 5.41) is 13.8. The average molecular weight is 505 g/mol. The summed E-state index contributed by atoms with van der Waals surface area (Å²) in [6, 6.07) is 15.8. The van der Waals surface area contributed by atoms with Crippen molar-refractivity contribution in [3.63, 3.8) is 0 Å². The van der Waals surface area contributed by atoms with E-state index in [1.165, 1.54) is 6.33 Å². The molecule has 0 aliphatic heterocycles. The fraction of sp³-hybridized carbons (Fsp3) is 0.269. The van der Waals surface area contributed by atoms with Crippen molar-refractivity contribution in [3.05, 3.63) is 60.6 Å². The van der Waals surface area contributed by atoms with Crippen molar-refractivity contribution in [1.82, 2.24) is 25.5 Å². The number of nitrogens with zero attached hydrogens (tertiary/aromatic N) is 3. The van der Waals surface area contributed by atoms with Crippen LogP contribution in [0.4, 0.5) is 11.5 Å². The lowest BCUT2D eigenvalue weighted by molar-refractivity contribution is -0.120. The van der Waals surface area contributed by atoms with Crippen molar-refractivity contribution in [1.29, 1.82) is 0 Å². The molecule has 0 radical (unpaired) electrons. The molecule has 4 aromatic rings. The van der Waals surface area contributed by atoms with E-state index in [0.29, 0.717) is 45.7 Å². The number of carbonyl (C=O) groups is 2. The first-order valence-corrected chi connectivity index (χ1v) is 12.6. The third-order valence-electron chi connectivity index (χ3n) is 5.42. The van der Waals surface area contributed by atoms with Crippen LogP contribution < -0.4 is 15.4 Å². The summed E-state index contributed by atoms with van der Waals surface area (Å²) in [6.07, 6.45) is 1.73. The van der Waals surface area contributed by atoms with Crippen LogP contribution in [-0.4, -0.2) is 56.5 Å². The molecule has 0 spiro atoms. The number of benzene rings is 2. The van der Waals surface area contributed by atoms with Crippen LogP contribution in [0.1, 0.15) is 30.8 Å². The Balaban J connectivity index is 1.57. The molecule has 1 amide bonds. The van der Waals surface area contributed by atoms with Gasteiger partial charge < -0.3 is 15.4 Å². The van der Waals surface area contributed by atoms with Crippen molar-refractivity contribution >= 4 is 46.0 Å². The Kier molecular flexibility index (Phi) is 8.17. The predicted molar refractivity (Wildman–Crippen MR) is 143 cm³/mol. The molecule has 10 heteroatoms. The number of aromatic nitrogens is 4. The standard InChI is InChI=1S/C26H28N6O3S/c1-16(2)36-12-11-22(34)27-14-20(33)24-23-25(28-15-29-26(23)32-31-24)30-19-13-18(9-10-21(19)35-3)17-7-5-4-6-8-17/h4-10,13,15-16H,11-12,14H2,1-3H3,(H,27,34)(H2,28,29,30,31,32). The first-order chi connectivity index (χ1) is 17.5. The van der Waals surface area contributed by atoms with Gasteiger partial charge in [0.1, 0.15) is 23.6 Å². The van der Waals surface area contributed by atoms with Crippen molar-refractivity contribution in [2.45, 2.75) is 25.5 Å². The molecule has 36 heavy (non-hydrogen) atoms. The molecule has 2 heterocycles. The average Bonchev–Trinajstić information content (AvgIpc) is 3.33. The Bertz CT molecular complexity index is 1360. The minimum atomic E-state index is -0.315. The first-order valence-electron chi connectivity index (χ1n) is 11.6. The van der Waals surface area contributed by atoms with Crippen molar-refractivity contribution in [2.24, 2.45) is 0 Å². The number of ether oxygens (including phenoxy) is 1. The summed E-state index contributed by atoms with van der Waals surface area (Å²) >= 11 is 1.70. The van der Waals surface area contributed by atoms with E-state index in [1.54, 1.807) is 18.9 Å². The molecule has 0 atom stereocenters. The summed E-state index contributed by atoms with van der Waals surface area (Å²) < 4.78 is 5.55. The summed E-state index contributed by atoms with van der Waals surface area (Å²) in [5.74, 6) is 1.24. The number of hydrogen-bond donors (Lipinski definition) is 3. The number of nitrogens with one attached hydrogen (secondary N) is 3. The Morgan fingerprint density at radius 2 is 1.89 bits per heavy atom. The number of hydrogen-bond acceptors (Lipinski definition) is 8. The lowest BCUT2D eigenvalue weighted by Gasteiger charge is -2.13.